The Balaban J connectivity index is 1.71. The second-order valence-electron chi connectivity index (χ2n) is 5.40. The van der Waals surface area contributed by atoms with Gasteiger partial charge in [-0.1, -0.05) is 30.3 Å². The molecule has 0 bridgehead atoms. The molecule has 2 aromatic carbocycles. The van der Waals surface area contributed by atoms with E-state index in [-0.39, 0.29) is 19.1 Å². The van der Waals surface area contributed by atoms with Crippen LogP contribution in [0.5, 0.6) is 0 Å². The molecule has 2 amide bonds. The van der Waals surface area contributed by atoms with E-state index in [0.717, 1.165) is 11.3 Å². The minimum atomic E-state index is -0.628. The Hall–Kier alpha value is -3.02. The molecule has 6 heteroatoms. The fraction of sp³-hybridized carbons (Fsp3) is 0.222. The highest BCUT2D eigenvalue weighted by molar-refractivity contribution is 5.93. The molecule has 0 saturated heterocycles. The first-order valence-electron chi connectivity index (χ1n) is 7.56. The van der Waals surface area contributed by atoms with Gasteiger partial charge in [-0.3, -0.25) is 4.79 Å². The van der Waals surface area contributed by atoms with Gasteiger partial charge in [-0.25, -0.2) is 4.79 Å². The highest BCUT2D eigenvalue weighted by atomic mass is 16.5. The third-order valence-corrected chi connectivity index (χ3v) is 3.27. The number of hydrogen-bond acceptors (Lipinski definition) is 4. The average Bonchev–Trinajstić information content (AvgIpc) is 2.59. The van der Waals surface area contributed by atoms with Gasteiger partial charge in [-0.05, 0) is 29.8 Å². The van der Waals surface area contributed by atoms with Crippen molar-refractivity contribution in [3.8, 4) is 0 Å². The summed E-state index contributed by atoms with van der Waals surface area (Å²) in [6.07, 6.45) is -0.628. The van der Waals surface area contributed by atoms with E-state index in [2.05, 4.69) is 10.6 Å². The molecular weight excluding hydrogens is 306 g/mol. The number of ether oxygens (including phenoxy) is 1. The Kier molecular flexibility index (Phi) is 6.19. The minimum absolute atomic E-state index is 0.150. The number of nitrogens with zero attached hydrogens (tertiary/aromatic N) is 1. The molecule has 0 radical (unpaired) electrons. The predicted molar refractivity (Wildman–Crippen MR) is 94.0 cm³/mol. The predicted octanol–water partition coefficient (Wildman–Crippen LogP) is 2.62. The highest BCUT2D eigenvalue weighted by Crippen LogP contribution is 2.15. The fourth-order valence-corrected chi connectivity index (χ4v) is 1.97. The van der Waals surface area contributed by atoms with Crippen LogP contribution in [0.4, 0.5) is 16.2 Å². The lowest BCUT2D eigenvalue weighted by atomic mass is 10.2. The molecule has 6 nitrogen and oxygen atoms in total. The molecule has 0 atom stereocenters. The van der Waals surface area contributed by atoms with Gasteiger partial charge in [0.2, 0.25) is 5.91 Å². The Morgan fingerprint density at radius 2 is 1.67 bits per heavy atom. The Labute approximate surface area is 141 Å². The molecule has 126 valence electrons. The number of anilines is 2. The SMILES string of the molecule is CN(C)c1ccc(NC(=O)CNC(=O)OCc2ccccc2)cc1. The molecule has 0 aliphatic heterocycles. The van der Waals surface area contributed by atoms with Crippen LogP contribution in [0.25, 0.3) is 0 Å². The number of benzene rings is 2. The lowest BCUT2D eigenvalue weighted by Crippen LogP contribution is -2.33. The topological polar surface area (TPSA) is 70.7 Å². The van der Waals surface area contributed by atoms with Gasteiger partial charge in [0.05, 0.1) is 0 Å². The number of carbonyl (C=O) groups is 2. The number of amides is 2. The van der Waals surface area contributed by atoms with E-state index in [0.29, 0.717) is 5.69 Å². The van der Waals surface area contributed by atoms with E-state index in [1.54, 1.807) is 12.1 Å². The van der Waals surface area contributed by atoms with Gasteiger partial charge < -0.3 is 20.3 Å². The normalized spacial score (nSPS) is 9.92. The Morgan fingerprint density at radius 1 is 1.00 bits per heavy atom. The van der Waals surface area contributed by atoms with Crippen LogP contribution in [-0.2, 0) is 16.1 Å². The van der Waals surface area contributed by atoms with E-state index in [1.165, 1.54) is 0 Å². The largest absolute Gasteiger partial charge is 0.445 e. The van der Waals surface area contributed by atoms with Gasteiger partial charge in [0.1, 0.15) is 13.2 Å². The van der Waals surface area contributed by atoms with Gasteiger partial charge in [0.15, 0.2) is 0 Å². The smallest absolute Gasteiger partial charge is 0.407 e. The zero-order chi connectivity index (χ0) is 17.4. The average molecular weight is 327 g/mol. The third-order valence-electron chi connectivity index (χ3n) is 3.27. The Bertz CT molecular complexity index is 670. The zero-order valence-corrected chi connectivity index (χ0v) is 13.8. The van der Waals surface area contributed by atoms with Crippen LogP contribution in [0.1, 0.15) is 5.56 Å². The molecule has 0 aliphatic carbocycles. The number of hydrogen-bond donors (Lipinski definition) is 2. The molecule has 2 aromatic rings. The van der Waals surface area contributed by atoms with Crippen molar-refractivity contribution in [1.82, 2.24) is 5.32 Å². The van der Waals surface area contributed by atoms with Gasteiger partial charge in [0, 0.05) is 25.5 Å². The second-order valence-corrected chi connectivity index (χ2v) is 5.40. The molecule has 0 saturated carbocycles. The van der Waals surface area contributed by atoms with Crippen molar-refractivity contribution < 1.29 is 14.3 Å². The first-order valence-corrected chi connectivity index (χ1v) is 7.56. The van der Waals surface area contributed by atoms with Gasteiger partial charge in [-0.2, -0.15) is 0 Å². The molecular formula is C18H21N3O3. The maximum Gasteiger partial charge on any atom is 0.407 e. The molecule has 0 aromatic heterocycles. The van der Waals surface area contributed by atoms with Gasteiger partial charge in [0.25, 0.3) is 0 Å². The molecule has 0 heterocycles. The van der Waals surface area contributed by atoms with Crippen molar-refractivity contribution in [3.63, 3.8) is 0 Å². The lowest BCUT2D eigenvalue weighted by Gasteiger charge is -2.13. The summed E-state index contributed by atoms with van der Waals surface area (Å²) >= 11 is 0. The summed E-state index contributed by atoms with van der Waals surface area (Å²) in [6.45, 7) is 0.0172. The summed E-state index contributed by atoms with van der Waals surface area (Å²) in [4.78, 5) is 25.4. The summed E-state index contributed by atoms with van der Waals surface area (Å²) in [5.74, 6) is -0.315. The van der Waals surface area contributed by atoms with E-state index >= 15 is 0 Å². The maximum absolute atomic E-state index is 11.8. The summed E-state index contributed by atoms with van der Waals surface area (Å²) in [7, 11) is 3.89. The lowest BCUT2D eigenvalue weighted by molar-refractivity contribution is -0.115. The molecule has 0 aliphatic rings. The van der Waals surface area contributed by atoms with E-state index in [1.807, 2.05) is 61.5 Å². The minimum Gasteiger partial charge on any atom is -0.445 e. The van der Waals surface area contributed by atoms with E-state index in [4.69, 9.17) is 4.74 Å². The van der Waals surface area contributed by atoms with Crippen LogP contribution >= 0.6 is 0 Å². The van der Waals surface area contributed by atoms with Gasteiger partial charge in [-0.15, -0.1) is 0 Å². The first-order chi connectivity index (χ1) is 11.5. The van der Waals surface area contributed by atoms with Crippen LogP contribution in [0.15, 0.2) is 54.6 Å². The monoisotopic (exact) mass is 327 g/mol. The van der Waals surface area contributed by atoms with Crippen molar-refractivity contribution >= 4 is 23.4 Å². The maximum atomic E-state index is 11.8. The molecule has 0 fully saturated rings. The van der Waals surface area contributed by atoms with Crippen molar-refractivity contribution in [1.29, 1.82) is 0 Å². The molecule has 24 heavy (non-hydrogen) atoms. The zero-order valence-electron chi connectivity index (χ0n) is 13.8. The van der Waals surface area contributed by atoms with Crippen LogP contribution in [0.3, 0.4) is 0 Å². The van der Waals surface area contributed by atoms with E-state index < -0.39 is 6.09 Å². The van der Waals surface area contributed by atoms with Crippen molar-refractivity contribution in [2.45, 2.75) is 6.61 Å². The van der Waals surface area contributed by atoms with Crippen molar-refractivity contribution in [2.24, 2.45) is 0 Å². The standard InChI is InChI=1S/C18H21N3O3/c1-21(2)16-10-8-15(9-11-16)20-17(22)12-19-18(23)24-13-14-6-4-3-5-7-14/h3-11H,12-13H2,1-2H3,(H,19,23)(H,20,22). The number of carbonyl (C=O) groups excluding carboxylic acids is 2. The molecule has 0 spiro atoms. The molecule has 0 unspecified atom stereocenters. The van der Waals surface area contributed by atoms with Crippen LogP contribution < -0.4 is 15.5 Å². The highest BCUT2D eigenvalue weighted by Gasteiger charge is 2.07. The van der Waals surface area contributed by atoms with Gasteiger partial charge >= 0.3 is 6.09 Å². The summed E-state index contributed by atoms with van der Waals surface area (Å²) in [6, 6.07) is 16.8. The summed E-state index contributed by atoms with van der Waals surface area (Å²) in [5.41, 5.74) is 2.60. The van der Waals surface area contributed by atoms with Crippen LogP contribution in [0, 0.1) is 0 Å². The van der Waals surface area contributed by atoms with E-state index in [9.17, 15) is 9.59 Å². The van der Waals surface area contributed by atoms with Crippen LogP contribution in [-0.4, -0.2) is 32.6 Å². The number of rotatable bonds is 6. The summed E-state index contributed by atoms with van der Waals surface area (Å²) in [5, 5.41) is 5.13. The quantitative estimate of drug-likeness (QED) is 0.855. The van der Waals surface area contributed by atoms with Crippen molar-refractivity contribution in [3.05, 3.63) is 60.2 Å². The second kappa shape index (κ2) is 8.57. The van der Waals surface area contributed by atoms with Crippen molar-refractivity contribution in [2.75, 3.05) is 30.9 Å². The molecule has 2 N–H and O–H groups in total. The third kappa shape index (κ3) is 5.64. The number of nitrogens with one attached hydrogen (secondary N) is 2. The summed E-state index contributed by atoms with van der Waals surface area (Å²) < 4.78 is 5.04. The number of alkyl carbamates (subject to hydrolysis) is 1. The van der Waals surface area contributed by atoms with Crippen LogP contribution in [0.2, 0.25) is 0 Å². The molecule has 2 rings (SSSR count). The first kappa shape index (κ1) is 17.3. The Morgan fingerprint density at radius 3 is 2.29 bits per heavy atom. The fourth-order valence-electron chi connectivity index (χ4n) is 1.97.